The molecule has 0 saturated carbocycles. The van der Waals surface area contributed by atoms with Crippen LogP contribution in [-0.2, 0) is 14.2 Å². The molecule has 2 aliphatic rings. The molecule has 0 aromatic carbocycles. The molecular weight excluding hydrogens is 394 g/mol. The number of imidazole rings is 1. The van der Waals surface area contributed by atoms with Gasteiger partial charge in [0.25, 0.3) is 5.56 Å². The lowest BCUT2D eigenvalue weighted by Crippen LogP contribution is -2.42. The van der Waals surface area contributed by atoms with Crippen LogP contribution < -0.4 is 11.3 Å². The monoisotopic (exact) mass is 415 g/mol. The lowest BCUT2D eigenvalue weighted by Gasteiger charge is -2.26. The Bertz CT molecular complexity index is 935. The summed E-state index contributed by atoms with van der Waals surface area (Å²) in [4.78, 5) is 22.3. The number of nitrogen functional groups attached to an aromatic ring is 1. The fraction of sp³-hybridized carbons (Fsp3) is 0.667. The van der Waals surface area contributed by atoms with Crippen LogP contribution in [0.4, 0.5) is 5.95 Å². The first-order valence-corrected chi connectivity index (χ1v) is 8.80. The second kappa shape index (κ2) is 7.58. The molecule has 0 amide bonds. The van der Waals surface area contributed by atoms with Crippen LogP contribution in [0.25, 0.3) is 11.2 Å². The number of ether oxygens (including phenoxy) is 3. The molecule has 14 heteroatoms. The first-order valence-electron chi connectivity index (χ1n) is 8.80. The highest BCUT2D eigenvalue weighted by atomic mass is 16.7. The molecule has 2 fully saturated rings. The Morgan fingerprint density at radius 2 is 1.83 bits per heavy atom. The van der Waals surface area contributed by atoms with Crippen molar-refractivity contribution in [2.75, 3.05) is 18.9 Å². The molecule has 14 nitrogen and oxygen atoms in total. The molecule has 0 bridgehead atoms. The van der Waals surface area contributed by atoms with Gasteiger partial charge in [-0.05, 0) is 0 Å². The fourth-order valence-corrected chi connectivity index (χ4v) is 3.50. The summed E-state index contributed by atoms with van der Waals surface area (Å²) in [5, 5.41) is 49.2. The van der Waals surface area contributed by atoms with Crippen LogP contribution in [0, 0.1) is 0 Å². The zero-order valence-electron chi connectivity index (χ0n) is 14.9. The third-order valence-electron chi connectivity index (χ3n) is 5.01. The third-order valence-corrected chi connectivity index (χ3v) is 5.01. The predicted molar refractivity (Wildman–Crippen MR) is 92.2 cm³/mol. The maximum absolute atomic E-state index is 12.0. The van der Waals surface area contributed by atoms with Gasteiger partial charge in [-0.1, -0.05) is 0 Å². The number of H-pyrrole nitrogens is 1. The van der Waals surface area contributed by atoms with Crippen LogP contribution in [0.3, 0.4) is 0 Å². The molecule has 2 aliphatic heterocycles. The number of aliphatic hydroxyl groups excluding tert-OH is 5. The second-order valence-electron chi connectivity index (χ2n) is 6.82. The predicted octanol–water partition coefficient (Wildman–Crippen LogP) is -4.22. The highest BCUT2D eigenvalue weighted by Gasteiger charge is 2.51. The average molecular weight is 415 g/mol. The van der Waals surface area contributed by atoms with Gasteiger partial charge >= 0.3 is 0 Å². The SMILES string of the molecule is Nc1nc2c(ncn2[C@@H]2O[C@H](CO)[C@@H](O)[C@H]2O[C@@H]2O[C@H](CO)[C@@H](O)[C@H]2O)c(=O)[nH]1. The maximum Gasteiger partial charge on any atom is 0.280 e. The van der Waals surface area contributed by atoms with Crippen LogP contribution in [0.15, 0.2) is 11.1 Å². The summed E-state index contributed by atoms with van der Waals surface area (Å²) in [6, 6.07) is 0. The van der Waals surface area contributed by atoms with Crippen molar-refractivity contribution in [3.05, 3.63) is 16.7 Å². The van der Waals surface area contributed by atoms with Gasteiger partial charge in [0.2, 0.25) is 5.95 Å². The van der Waals surface area contributed by atoms with Crippen LogP contribution in [0.2, 0.25) is 0 Å². The van der Waals surface area contributed by atoms with E-state index in [0.29, 0.717) is 0 Å². The zero-order chi connectivity index (χ0) is 20.9. The van der Waals surface area contributed by atoms with E-state index in [4.69, 9.17) is 19.9 Å². The normalized spacial score (nSPS) is 37.6. The quantitative estimate of drug-likeness (QED) is 0.247. The number of nitrogens with zero attached hydrogens (tertiary/aromatic N) is 3. The summed E-state index contributed by atoms with van der Waals surface area (Å²) in [6.45, 7) is -1.10. The van der Waals surface area contributed by atoms with Gasteiger partial charge in [-0.3, -0.25) is 14.3 Å². The molecule has 0 aliphatic carbocycles. The van der Waals surface area contributed by atoms with Crippen molar-refractivity contribution < 1.29 is 39.7 Å². The van der Waals surface area contributed by atoms with Crippen molar-refractivity contribution in [3.63, 3.8) is 0 Å². The maximum atomic E-state index is 12.0. The molecule has 0 spiro atoms. The standard InChI is InChI=1S/C15H21N5O9/c16-15-18-11-6(12(26)19-15)17-3-20(11)13-10(8(24)5(2-22)27-13)29-14-9(25)7(23)4(1-21)28-14/h3-5,7-10,13-14,21-25H,1-2H2,(H3,16,18,19,26)/t4-,5-,7-,8-,9-,10-,13-,14+/m1/s1. The van der Waals surface area contributed by atoms with Crippen molar-refractivity contribution in [2.24, 2.45) is 0 Å². The highest BCUT2D eigenvalue weighted by molar-refractivity contribution is 5.70. The van der Waals surface area contributed by atoms with Crippen molar-refractivity contribution in [3.8, 4) is 0 Å². The van der Waals surface area contributed by atoms with E-state index in [1.165, 1.54) is 10.9 Å². The number of hydrogen-bond donors (Lipinski definition) is 7. The summed E-state index contributed by atoms with van der Waals surface area (Å²) >= 11 is 0. The Morgan fingerprint density at radius 3 is 2.48 bits per heavy atom. The number of hydrogen-bond acceptors (Lipinski definition) is 12. The van der Waals surface area contributed by atoms with Crippen LogP contribution >= 0.6 is 0 Å². The number of aliphatic hydroxyl groups is 5. The largest absolute Gasteiger partial charge is 0.394 e. The summed E-state index contributed by atoms with van der Waals surface area (Å²) in [6.07, 6.45) is -8.87. The number of aromatic amines is 1. The topological polar surface area (TPSA) is 218 Å². The third kappa shape index (κ3) is 3.28. The summed E-state index contributed by atoms with van der Waals surface area (Å²) in [5.41, 5.74) is 5.03. The van der Waals surface area contributed by atoms with Crippen molar-refractivity contribution in [2.45, 2.75) is 49.1 Å². The van der Waals surface area contributed by atoms with Gasteiger partial charge in [-0.25, -0.2) is 4.98 Å². The molecule has 8 N–H and O–H groups in total. The Labute approximate surface area is 162 Å². The minimum Gasteiger partial charge on any atom is -0.394 e. The minimum absolute atomic E-state index is 0.0311. The first-order chi connectivity index (χ1) is 13.8. The first kappa shape index (κ1) is 20.1. The molecule has 4 rings (SSSR count). The number of anilines is 1. The Kier molecular flexibility index (Phi) is 5.26. The van der Waals surface area contributed by atoms with E-state index in [1.807, 2.05) is 0 Å². The summed E-state index contributed by atoms with van der Waals surface area (Å²) in [7, 11) is 0. The number of aromatic nitrogens is 4. The fourth-order valence-electron chi connectivity index (χ4n) is 3.50. The molecule has 0 radical (unpaired) electrons. The Morgan fingerprint density at radius 1 is 1.14 bits per heavy atom. The Hall–Kier alpha value is -2.17. The van der Waals surface area contributed by atoms with E-state index in [0.717, 1.165) is 0 Å². The number of fused-ring (bicyclic) bond motifs is 1. The molecule has 160 valence electrons. The van der Waals surface area contributed by atoms with Crippen LogP contribution in [-0.4, -0.2) is 101 Å². The van der Waals surface area contributed by atoms with E-state index in [1.54, 1.807) is 0 Å². The molecule has 29 heavy (non-hydrogen) atoms. The molecule has 8 atom stereocenters. The lowest BCUT2D eigenvalue weighted by molar-refractivity contribution is -0.219. The number of rotatable bonds is 5. The van der Waals surface area contributed by atoms with Gasteiger partial charge in [-0.15, -0.1) is 0 Å². The molecule has 2 aromatic heterocycles. The van der Waals surface area contributed by atoms with Gasteiger partial charge in [0.15, 0.2) is 23.7 Å². The van der Waals surface area contributed by atoms with E-state index >= 15 is 0 Å². The Balaban J connectivity index is 1.68. The zero-order valence-corrected chi connectivity index (χ0v) is 14.9. The molecular formula is C15H21N5O9. The van der Waals surface area contributed by atoms with Gasteiger partial charge in [-0.2, -0.15) is 4.98 Å². The summed E-state index contributed by atoms with van der Waals surface area (Å²) in [5.74, 6) is -0.164. The van der Waals surface area contributed by atoms with Crippen molar-refractivity contribution in [1.29, 1.82) is 0 Å². The summed E-state index contributed by atoms with van der Waals surface area (Å²) < 4.78 is 17.9. The minimum atomic E-state index is -1.50. The molecule has 2 aromatic rings. The molecule has 4 heterocycles. The van der Waals surface area contributed by atoms with Crippen LogP contribution in [0.5, 0.6) is 0 Å². The van der Waals surface area contributed by atoms with Crippen LogP contribution in [0.1, 0.15) is 6.23 Å². The van der Waals surface area contributed by atoms with E-state index in [-0.39, 0.29) is 17.1 Å². The lowest BCUT2D eigenvalue weighted by atomic mass is 10.1. The molecule has 2 saturated heterocycles. The van der Waals surface area contributed by atoms with Gasteiger partial charge in [0, 0.05) is 0 Å². The smallest absolute Gasteiger partial charge is 0.280 e. The van der Waals surface area contributed by atoms with Gasteiger partial charge in [0.1, 0.15) is 36.6 Å². The van der Waals surface area contributed by atoms with Crippen molar-refractivity contribution >= 4 is 17.1 Å². The van der Waals surface area contributed by atoms with E-state index in [9.17, 15) is 30.3 Å². The van der Waals surface area contributed by atoms with E-state index in [2.05, 4.69) is 15.0 Å². The van der Waals surface area contributed by atoms with E-state index < -0.39 is 67.9 Å². The van der Waals surface area contributed by atoms with Crippen molar-refractivity contribution in [1.82, 2.24) is 19.5 Å². The molecule has 0 unspecified atom stereocenters. The highest BCUT2D eigenvalue weighted by Crippen LogP contribution is 2.36. The van der Waals surface area contributed by atoms with Gasteiger partial charge in [0.05, 0.1) is 19.5 Å². The average Bonchev–Trinajstić information content (AvgIpc) is 3.32. The second-order valence-corrected chi connectivity index (χ2v) is 6.82. The number of nitrogens with one attached hydrogen (secondary N) is 1. The van der Waals surface area contributed by atoms with Gasteiger partial charge < -0.3 is 45.5 Å². The number of nitrogens with two attached hydrogens (primary N) is 1.